The van der Waals surface area contributed by atoms with E-state index in [1.807, 2.05) is 25.6 Å². The third-order valence-corrected chi connectivity index (χ3v) is 4.66. The van der Waals surface area contributed by atoms with Gasteiger partial charge in [0.15, 0.2) is 0 Å². The fourth-order valence-electron chi connectivity index (χ4n) is 2.16. The van der Waals surface area contributed by atoms with Crippen LogP contribution in [0.1, 0.15) is 35.4 Å². The zero-order valence-electron chi connectivity index (χ0n) is 12.0. The van der Waals surface area contributed by atoms with Crippen LogP contribution >= 0.6 is 11.8 Å². The molecule has 1 saturated carbocycles. The predicted octanol–water partition coefficient (Wildman–Crippen LogP) is 3.84. The fraction of sp³-hybridized carbons (Fsp3) is 0.438. The molecule has 1 N–H and O–H groups in total. The monoisotopic (exact) mass is 288 g/mol. The molecule has 0 atom stereocenters. The molecule has 1 aromatic heterocycles. The number of hydrogen-bond donors (Lipinski definition) is 1. The molecule has 1 fully saturated rings. The Balaban J connectivity index is 1.60. The molecule has 3 rings (SSSR count). The third kappa shape index (κ3) is 3.44. The Morgan fingerprint density at radius 3 is 2.90 bits per heavy atom. The molecular formula is C16H20N2OS. The van der Waals surface area contributed by atoms with Crippen LogP contribution in [-0.2, 0) is 12.3 Å². The first-order valence-electron chi connectivity index (χ1n) is 7.09. The van der Waals surface area contributed by atoms with Crippen molar-refractivity contribution in [1.82, 2.24) is 10.5 Å². The van der Waals surface area contributed by atoms with E-state index >= 15 is 0 Å². The lowest BCUT2D eigenvalue weighted by Gasteiger charge is -2.06. The fourth-order valence-corrected chi connectivity index (χ4v) is 3.29. The lowest BCUT2D eigenvalue weighted by Crippen LogP contribution is -2.15. The first-order chi connectivity index (χ1) is 9.72. The van der Waals surface area contributed by atoms with Crippen LogP contribution in [0.3, 0.4) is 0 Å². The Morgan fingerprint density at radius 2 is 2.20 bits per heavy atom. The van der Waals surface area contributed by atoms with Crippen molar-refractivity contribution in [1.29, 1.82) is 0 Å². The van der Waals surface area contributed by atoms with E-state index in [-0.39, 0.29) is 0 Å². The lowest BCUT2D eigenvalue weighted by atomic mass is 10.2. The summed E-state index contributed by atoms with van der Waals surface area (Å²) >= 11 is 1.84. The molecule has 1 aliphatic carbocycles. The molecule has 4 heteroatoms. The van der Waals surface area contributed by atoms with Gasteiger partial charge in [-0.05, 0) is 44.4 Å². The van der Waals surface area contributed by atoms with Gasteiger partial charge in [-0.3, -0.25) is 0 Å². The molecule has 20 heavy (non-hydrogen) atoms. The van der Waals surface area contributed by atoms with Crippen molar-refractivity contribution >= 4 is 11.8 Å². The normalized spacial score (nSPS) is 14.7. The molecular weight excluding hydrogens is 268 g/mol. The second-order valence-corrected chi connectivity index (χ2v) is 6.44. The van der Waals surface area contributed by atoms with Crippen LogP contribution in [0.4, 0.5) is 0 Å². The van der Waals surface area contributed by atoms with Gasteiger partial charge in [0.1, 0.15) is 5.76 Å². The molecule has 0 aliphatic heterocycles. The number of thioether (sulfide) groups is 1. The molecule has 1 aromatic carbocycles. The van der Waals surface area contributed by atoms with Gasteiger partial charge in [0.2, 0.25) is 0 Å². The molecule has 0 bridgehead atoms. The Hall–Kier alpha value is -1.26. The van der Waals surface area contributed by atoms with E-state index in [1.54, 1.807) is 0 Å². The summed E-state index contributed by atoms with van der Waals surface area (Å²) in [4.78, 5) is 1.31. The first kappa shape index (κ1) is 13.7. The summed E-state index contributed by atoms with van der Waals surface area (Å²) < 4.78 is 5.21. The van der Waals surface area contributed by atoms with Crippen molar-refractivity contribution in [3.63, 3.8) is 0 Å². The Kier molecular flexibility index (Phi) is 4.13. The Labute approximate surface area is 124 Å². The van der Waals surface area contributed by atoms with Crippen LogP contribution in [0.15, 0.2) is 33.7 Å². The summed E-state index contributed by atoms with van der Waals surface area (Å²) in [5, 5.41) is 7.56. The minimum Gasteiger partial charge on any atom is -0.361 e. The van der Waals surface area contributed by atoms with Crippen molar-refractivity contribution in [3.05, 3.63) is 46.8 Å². The molecule has 2 aromatic rings. The van der Waals surface area contributed by atoms with Crippen LogP contribution < -0.4 is 5.32 Å². The predicted molar refractivity (Wildman–Crippen MR) is 81.8 cm³/mol. The first-order valence-corrected chi connectivity index (χ1v) is 8.08. The minimum absolute atomic E-state index is 0.758. The largest absolute Gasteiger partial charge is 0.361 e. The molecule has 1 heterocycles. The molecule has 3 nitrogen and oxygen atoms in total. The maximum absolute atomic E-state index is 5.21. The van der Waals surface area contributed by atoms with E-state index in [1.165, 1.54) is 28.9 Å². The smallest absolute Gasteiger partial charge is 0.137 e. The highest BCUT2D eigenvalue weighted by Crippen LogP contribution is 2.27. The molecule has 0 amide bonds. The number of rotatable bonds is 6. The summed E-state index contributed by atoms with van der Waals surface area (Å²) in [6.45, 7) is 4.96. The number of nitrogens with one attached hydrogen (secondary N) is 1. The standard InChI is InChI=1S/C16H20N2OS/c1-11-16(12(2)19-18-11)10-20-15-5-3-4-13(8-15)9-17-14-6-7-14/h3-5,8,14,17H,6-7,9-10H2,1-2H3. The summed E-state index contributed by atoms with van der Waals surface area (Å²) in [6.07, 6.45) is 2.67. The number of benzene rings is 1. The minimum atomic E-state index is 0.758. The summed E-state index contributed by atoms with van der Waals surface area (Å²) in [6, 6.07) is 9.53. The van der Waals surface area contributed by atoms with Crippen molar-refractivity contribution in [2.75, 3.05) is 0 Å². The molecule has 0 radical (unpaired) electrons. The zero-order chi connectivity index (χ0) is 13.9. The third-order valence-electron chi connectivity index (χ3n) is 3.64. The average molecular weight is 288 g/mol. The number of aromatic nitrogens is 1. The Morgan fingerprint density at radius 1 is 1.35 bits per heavy atom. The highest BCUT2D eigenvalue weighted by atomic mass is 32.2. The number of nitrogens with zero attached hydrogens (tertiary/aromatic N) is 1. The second kappa shape index (κ2) is 6.02. The van der Waals surface area contributed by atoms with E-state index in [9.17, 15) is 0 Å². The average Bonchev–Trinajstić information content (AvgIpc) is 3.22. The number of aryl methyl sites for hydroxylation is 2. The van der Waals surface area contributed by atoms with E-state index in [2.05, 4.69) is 34.7 Å². The maximum atomic E-state index is 5.21. The molecule has 0 spiro atoms. The van der Waals surface area contributed by atoms with Crippen LogP contribution in [0, 0.1) is 13.8 Å². The number of hydrogen-bond acceptors (Lipinski definition) is 4. The van der Waals surface area contributed by atoms with Gasteiger partial charge in [0, 0.05) is 28.8 Å². The molecule has 1 aliphatic rings. The molecule has 106 valence electrons. The van der Waals surface area contributed by atoms with Gasteiger partial charge < -0.3 is 9.84 Å². The summed E-state index contributed by atoms with van der Waals surface area (Å²) in [7, 11) is 0. The lowest BCUT2D eigenvalue weighted by molar-refractivity contribution is 0.392. The van der Waals surface area contributed by atoms with E-state index in [4.69, 9.17) is 4.52 Å². The van der Waals surface area contributed by atoms with Gasteiger partial charge in [-0.1, -0.05) is 17.3 Å². The van der Waals surface area contributed by atoms with Gasteiger partial charge in [-0.15, -0.1) is 11.8 Å². The van der Waals surface area contributed by atoms with Crippen molar-refractivity contribution in [2.45, 2.75) is 49.9 Å². The van der Waals surface area contributed by atoms with Crippen LogP contribution in [0.2, 0.25) is 0 Å². The van der Waals surface area contributed by atoms with Gasteiger partial charge in [-0.25, -0.2) is 0 Å². The second-order valence-electron chi connectivity index (χ2n) is 5.39. The van der Waals surface area contributed by atoms with Gasteiger partial charge in [0.25, 0.3) is 0 Å². The van der Waals surface area contributed by atoms with Crippen LogP contribution in [-0.4, -0.2) is 11.2 Å². The van der Waals surface area contributed by atoms with Gasteiger partial charge in [-0.2, -0.15) is 0 Å². The van der Waals surface area contributed by atoms with E-state index in [0.717, 1.165) is 29.8 Å². The van der Waals surface area contributed by atoms with Crippen LogP contribution in [0.25, 0.3) is 0 Å². The highest BCUT2D eigenvalue weighted by Gasteiger charge is 2.19. The maximum Gasteiger partial charge on any atom is 0.137 e. The quantitative estimate of drug-likeness (QED) is 0.820. The van der Waals surface area contributed by atoms with Crippen molar-refractivity contribution < 1.29 is 4.52 Å². The Bertz CT molecular complexity index is 570. The molecule has 0 unspecified atom stereocenters. The summed E-state index contributed by atoms with van der Waals surface area (Å²) in [5.74, 6) is 1.85. The SMILES string of the molecule is Cc1noc(C)c1CSc1cccc(CNC2CC2)c1. The summed E-state index contributed by atoms with van der Waals surface area (Å²) in [5.41, 5.74) is 3.58. The van der Waals surface area contributed by atoms with Crippen LogP contribution in [0.5, 0.6) is 0 Å². The zero-order valence-corrected chi connectivity index (χ0v) is 12.8. The van der Waals surface area contributed by atoms with Gasteiger partial charge in [0.05, 0.1) is 5.69 Å². The van der Waals surface area contributed by atoms with Gasteiger partial charge >= 0.3 is 0 Å². The molecule has 0 saturated heterocycles. The van der Waals surface area contributed by atoms with Crippen molar-refractivity contribution in [3.8, 4) is 0 Å². The van der Waals surface area contributed by atoms with E-state index in [0.29, 0.717) is 0 Å². The van der Waals surface area contributed by atoms with E-state index < -0.39 is 0 Å². The highest BCUT2D eigenvalue weighted by molar-refractivity contribution is 7.98. The van der Waals surface area contributed by atoms with Crippen molar-refractivity contribution in [2.24, 2.45) is 0 Å². The topological polar surface area (TPSA) is 38.1 Å².